The van der Waals surface area contributed by atoms with Crippen LogP contribution in [0.5, 0.6) is 11.5 Å². The summed E-state index contributed by atoms with van der Waals surface area (Å²) in [6, 6.07) is 9.81. The summed E-state index contributed by atoms with van der Waals surface area (Å²) in [6.07, 6.45) is 3.45. The van der Waals surface area contributed by atoms with Gasteiger partial charge in [-0.1, -0.05) is 38.0 Å². The third-order valence-corrected chi connectivity index (χ3v) is 8.92. The van der Waals surface area contributed by atoms with Crippen molar-refractivity contribution in [3.63, 3.8) is 0 Å². The summed E-state index contributed by atoms with van der Waals surface area (Å²) in [6.45, 7) is 7.67. The molecule has 0 radical (unpaired) electrons. The van der Waals surface area contributed by atoms with Crippen molar-refractivity contribution in [2.24, 2.45) is 4.99 Å². The zero-order valence-corrected chi connectivity index (χ0v) is 23.2. The first kappa shape index (κ1) is 27.9. The Bertz CT molecular complexity index is 1350. The first-order valence-electron chi connectivity index (χ1n) is 12.2. The maximum Gasteiger partial charge on any atom is 0.279 e. The zero-order chi connectivity index (χ0) is 26.3. The SMILES string of the molecule is CCCCN(CCCC)S(=O)(=O)c1ccc(C(=O)N=c2sc3cc(OC)c(OC)cc3n2CC)cc1. The molecule has 10 heteroatoms. The van der Waals surface area contributed by atoms with Gasteiger partial charge in [0.2, 0.25) is 10.0 Å². The van der Waals surface area contributed by atoms with Gasteiger partial charge in [0, 0.05) is 37.3 Å². The fourth-order valence-corrected chi connectivity index (χ4v) is 6.50. The first-order valence-corrected chi connectivity index (χ1v) is 14.5. The molecule has 0 atom stereocenters. The van der Waals surface area contributed by atoms with Gasteiger partial charge in [0.05, 0.1) is 29.3 Å². The summed E-state index contributed by atoms with van der Waals surface area (Å²) in [7, 11) is -0.461. The molecular formula is C26H35N3O5S2. The van der Waals surface area contributed by atoms with E-state index in [0.717, 1.165) is 35.9 Å². The number of methoxy groups -OCH3 is 2. The molecule has 1 amide bonds. The fraction of sp³-hybridized carbons (Fsp3) is 0.462. The lowest BCUT2D eigenvalue weighted by Crippen LogP contribution is -2.33. The fourth-order valence-electron chi connectivity index (χ4n) is 3.88. The predicted molar refractivity (Wildman–Crippen MR) is 144 cm³/mol. The Morgan fingerprint density at radius 1 is 0.972 bits per heavy atom. The highest BCUT2D eigenvalue weighted by molar-refractivity contribution is 7.89. The van der Waals surface area contributed by atoms with E-state index in [1.165, 1.54) is 35.6 Å². The number of fused-ring (bicyclic) bond motifs is 1. The number of nitrogens with zero attached hydrogens (tertiary/aromatic N) is 3. The molecule has 0 fully saturated rings. The quantitative estimate of drug-likeness (QED) is 0.324. The van der Waals surface area contributed by atoms with E-state index in [2.05, 4.69) is 4.99 Å². The Morgan fingerprint density at radius 3 is 2.08 bits per heavy atom. The third kappa shape index (κ3) is 5.99. The van der Waals surface area contributed by atoms with Crippen LogP contribution in [0.4, 0.5) is 0 Å². The molecule has 0 aliphatic heterocycles. The summed E-state index contributed by atoms with van der Waals surface area (Å²) in [5.74, 6) is 0.781. The minimum atomic E-state index is -3.62. The number of sulfonamides is 1. The molecule has 8 nitrogen and oxygen atoms in total. The molecule has 3 rings (SSSR count). The van der Waals surface area contributed by atoms with E-state index < -0.39 is 15.9 Å². The van der Waals surface area contributed by atoms with Gasteiger partial charge in [-0.2, -0.15) is 9.30 Å². The molecule has 196 valence electrons. The lowest BCUT2D eigenvalue weighted by atomic mass is 10.2. The molecule has 0 aliphatic carbocycles. The second kappa shape index (κ2) is 12.5. The Kier molecular flexibility index (Phi) is 9.69. The average Bonchev–Trinajstić information content (AvgIpc) is 3.23. The smallest absolute Gasteiger partial charge is 0.279 e. The monoisotopic (exact) mass is 533 g/mol. The molecule has 1 heterocycles. The van der Waals surface area contributed by atoms with E-state index >= 15 is 0 Å². The number of amides is 1. The summed E-state index contributed by atoms with van der Waals surface area (Å²) in [5.41, 5.74) is 1.23. The molecule has 1 aromatic heterocycles. The van der Waals surface area contributed by atoms with Crippen LogP contribution in [0.15, 0.2) is 46.3 Å². The Balaban J connectivity index is 1.93. The number of hydrogen-bond donors (Lipinski definition) is 0. The maximum atomic E-state index is 13.2. The summed E-state index contributed by atoms with van der Waals surface area (Å²) < 4.78 is 41.6. The van der Waals surface area contributed by atoms with Crippen LogP contribution in [0.25, 0.3) is 10.2 Å². The van der Waals surface area contributed by atoms with Crippen LogP contribution in [0.1, 0.15) is 56.8 Å². The Labute approximate surface area is 217 Å². The molecular weight excluding hydrogens is 498 g/mol. The van der Waals surface area contributed by atoms with Crippen LogP contribution in [0.2, 0.25) is 0 Å². The van der Waals surface area contributed by atoms with E-state index in [0.29, 0.717) is 41.5 Å². The molecule has 36 heavy (non-hydrogen) atoms. The Morgan fingerprint density at radius 2 is 1.56 bits per heavy atom. The van der Waals surface area contributed by atoms with E-state index in [4.69, 9.17) is 9.47 Å². The maximum absolute atomic E-state index is 13.2. The van der Waals surface area contributed by atoms with Crippen LogP contribution >= 0.6 is 11.3 Å². The number of hydrogen-bond acceptors (Lipinski definition) is 6. The van der Waals surface area contributed by atoms with Crippen LogP contribution in [0, 0.1) is 0 Å². The molecule has 0 saturated heterocycles. The number of carbonyl (C=O) groups excluding carboxylic acids is 1. The first-order chi connectivity index (χ1) is 17.3. The zero-order valence-electron chi connectivity index (χ0n) is 21.6. The van der Waals surface area contributed by atoms with Gasteiger partial charge in [0.15, 0.2) is 16.3 Å². The van der Waals surface area contributed by atoms with Crippen molar-refractivity contribution in [3.8, 4) is 11.5 Å². The van der Waals surface area contributed by atoms with Crippen molar-refractivity contribution in [2.75, 3.05) is 27.3 Å². The normalized spacial score (nSPS) is 12.4. The highest BCUT2D eigenvalue weighted by atomic mass is 32.2. The van der Waals surface area contributed by atoms with Crippen molar-refractivity contribution in [3.05, 3.63) is 46.8 Å². The lowest BCUT2D eigenvalue weighted by Gasteiger charge is -2.22. The highest BCUT2D eigenvalue weighted by Gasteiger charge is 2.24. The van der Waals surface area contributed by atoms with Crippen molar-refractivity contribution in [2.45, 2.75) is 57.9 Å². The largest absolute Gasteiger partial charge is 0.493 e. The second-order valence-corrected chi connectivity index (χ2v) is 11.3. The number of unbranched alkanes of at least 4 members (excludes halogenated alkanes) is 2. The molecule has 0 N–H and O–H groups in total. The van der Waals surface area contributed by atoms with Crippen LogP contribution < -0.4 is 14.3 Å². The summed E-state index contributed by atoms with van der Waals surface area (Å²) >= 11 is 1.38. The molecule has 2 aromatic carbocycles. The summed E-state index contributed by atoms with van der Waals surface area (Å²) in [4.78, 5) is 18.1. The van der Waals surface area contributed by atoms with Gasteiger partial charge >= 0.3 is 0 Å². The number of thiazole rings is 1. The minimum Gasteiger partial charge on any atom is -0.493 e. The molecule has 0 spiro atoms. The highest BCUT2D eigenvalue weighted by Crippen LogP contribution is 2.33. The van der Waals surface area contributed by atoms with E-state index in [9.17, 15) is 13.2 Å². The molecule has 0 aliphatic rings. The topological polar surface area (TPSA) is 90.2 Å². The van der Waals surface area contributed by atoms with Crippen molar-refractivity contribution < 1.29 is 22.7 Å². The number of aryl methyl sites for hydroxylation is 1. The van der Waals surface area contributed by atoms with E-state index in [1.54, 1.807) is 18.5 Å². The van der Waals surface area contributed by atoms with Gasteiger partial charge in [0.25, 0.3) is 5.91 Å². The van der Waals surface area contributed by atoms with E-state index in [1.807, 2.05) is 37.5 Å². The molecule has 0 bridgehead atoms. The number of rotatable bonds is 12. The third-order valence-electron chi connectivity index (χ3n) is 5.96. The van der Waals surface area contributed by atoms with E-state index in [-0.39, 0.29) is 4.90 Å². The van der Waals surface area contributed by atoms with Crippen molar-refractivity contribution >= 4 is 37.5 Å². The minimum absolute atomic E-state index is 0.191. The number of benzene rings is 2. The number of carbonyl (C=O) groups is 1. The number of aromatic nitrogens is 1. The second-order valence-electron chi connectivity index (χ2n) is 8.36. The molecule has 3 aromatic rings. The van der Waals surface area contributed by atoms with Crippen LogP contribution in [-0.2, 0) is 16.6 Å². The van der Waals surface area contributed by atoms with Gasteiger partial charge in [-0.3, -0.25) is 4.79 Å². The average molecular weight is 534 g/mol. The van der Waals surface area contributed by atoms with Crippen LogP contribution in [0.3, 0.4) is 0 Å². The summed E-state index contributed by atoms with van der Waals surface area (Å²) in [5, 5.41) is 0. The van der Waals surface area contributed by atoms with Gasteiger partial charge < -0.3 is 14.0 Å². The molecule has 0 saturated carbocycles. The standard InChI is InChI=1S/C26H35N3O5S2/c1-6-9-15-28(16-10-7-2)36(31,32)20-13-11-19(12-14-20)25(30)27-26-29(8-3)21-17-22(33-4)23(34-5)18-24(21)35-26/h11-14,17-18H,6-10,15-16H2,1-5H3. The van der Waals surface area contributed by atoms with Crippen LogP contribution in [-0.4, -0.2) is 50.5 Å². The van der Waals surface area contributed by atoms with Gasteiger partial charge in [-0.05, 0) is 44.0 Å². The lowest BCUT2D eigenvalue weighted by molar-refractivity contribution is 0.0997. The Hall–Kier alpha value is -2.69. The van der Waals surface area contributed by atoms with Crippen molar-refractivity contribution in [1.82, 2.24) is 8.87 Å². The van der Waals surface area contributed by atoms with Gasteiger partial charge in [-0.15, -0.1) is 0 Å². The van der Waals surface area contributed by atoms with Crippen molar-refractivity contribution in [1.29, 1.82) is 0 Å². The van der Waals surface area contributed by atoms with Gasteiger partial charge in [-0.25, -0.2) is 8.42 Å². The predicted octanol–water partition coefficient (Wildman–Crippen LogP) is 5.07. The van der Waals surface area contributed by atoms with Gasteiger partial charge in [0.1, 0.15) is 0 Å². The number of ether oxygens (including phenoxy) is 2. The molecule has 0 unspecified atom stereocenters.